The fourth-order valence-corrected chi connectivity index (χ4v) is 2.76. The summed E-state index contributed by atoms with van der Waals surface area (Å²) in [5.74, 6) is 0.323. The molecule has 1 unspecified atom stereocenters. The van der Waals surface area contributed by atoms with Crippen LogP contribution in [0.3, 0.4) is 0 Å². The van der Waals surface area contributed by atoms with Crippen molar-refractivity contribution in [1.29, 1.82) is 0 Å². The van der Waals surface area contributed by atoms with E-state index in [1.807, 2.05) is 0 Å². The van der Waals surface area contributed by atoms with Crippen molar-refractivity contribution in [2.75, 3.05) is 25.2 Å². The fourth-order valence-electron chi connectivity index (χ4n) is 2.14. The first kappa shape index (κ1) is 21.8. The van der Waals surface area contributed by atoms with Crippen molar-refractivity contribution in [2.45, 2.75) is 13.1 Å². The van der Waals surface area contributed by atoms with Crippen molar-refractivity contribution in [3.05, 3.63) is 47.7 Å². The molecule has 2 rings (SSSR count). The average Bonchev–Trinajstić information content (AvgIpc) is 2.66. The maximum atomic E-state index is 12.8. The SMILES string of the molecule is CC[S+]([O-])CCNC(=O)c1cc(OC)cc(Oc2cccc(C(F)(F)F)c2)n1. The van der Waals surface area contributed by atoms with E-state index in [0.717, 1.165) is 12.1 Å². The summed E-state index contributed by atoms with van der Waals surface area (Å²) in [5.41, 5.74) is -0.904. The number of carbonyl (C=O) groups excluding carboxylic acids is 1. The second-order valence-corrected chi connectivity index (χ2v) is 7.41. The molecule has 1 amide bonds. The maximum Gasteiger partial charge on any atom is 0.416 e. The lowest BCUT2D eigenvalue weighted by atomic mass is 10.2. The summed E-state index contributed by atoms with van der Waals surface area (Å²) in [6.07, 6.45) is -4.51. The minimum Gasteiger partial charge on any atom is -0.616 e. The van der Waals surface area contributed by atoms with Gasteiger partial charge in [0, 0.05) is 12.1 Å². The van der Waals surface area contributed by atoms with Crippen LogP contribution in [-0.2, 0) is 17.4 Å². The number of nitrogens with zero attached hydrogens (tertiary/aromatic N) is 1. The van der Waals surface area contributed by atoms with E-state index in [2.05, 4.69) is 10.3 Å². The molecule has 0 aliphatic heterocycles. The summed E-state index contributed by atoms with van der Waals surface area (Å²) in [5, 5.41) is 2.58. The summed E-state index contributed by atoms with van der Waals surface area (Å²) in [7, 11) is 1.37. The third-order valence-electron chi connectivity index (χ3n) is 3.56. The Bertz CT molecular complexity index is 818. The molecular formula is C18H19F3N2O4S. The molecular weight excluding hydrogens is 397 g/mol. The Kier molecular flexibility index (Phi) is 7.53. The fraction of sp³-hybridized carbons (Fsp3) is 0.333. The number of nitrogens with one attached hydrogen (secondary N) is 1. The number of pyridine rings is 1. The van der Waals surface area contributed by atoms with Crippen molar-refractivity contribution in [3.63, 3.8) is 0 Å². The molecule has 1 atom stereocenters. The van der Waals surface area contributed by atoms with Gasteiger partial charge in [-0.25, -0.2) is 4.98 Å². The van der Waals surface area contributed by atoms with Crippen LogP contribution in [-0.4, -0.2) is 40.6 Å². The number of aromatic nitrogens is 1. The number of hydrogen-bond donors (Lipinski definition) is 1. The van der Waals surface area contributed by atoms with Crippen LogP contribution in [0.2, 0.25) is 0 Å². The van der Waals surface area contributed by atoms with Gasteiger partial charge in [0.05, 0.1) is 19.2 Å². The van der Waals surface area contributed by atoms with Gasteiger partial charge in [0.15, 0.2) is 0 Å². The van der Waals surface area contributed by atoms with Gasteiger partial charge >= 0.3 is 6.18 Å². The van der Waals surface area contributed by atoms with Crippen LogP contribution in [0.5, 0.6) is 17.4 Å². The number of ether oxygens (including phenoxy) is 2. The molecule has 0 saturated heterocycles. The molecule has 1 aromatic heterocycles. The Morgan fingerprint density at radius 2 is 2.00 bits per heavy atom. The number of rotatable bonds is 8. The monoisotopic (exact) mass is 416 g/mol. The second kappa shape index (κ2) is 9.65. The standard InChI is InChI=1S/C18H19F3N2O4S/c1-3-28(25)8-7-22-17(24)15-10-14(26-2)11-16(23-15)27-13-6-4-5-12(9-13)18(19,20)21/h4-6,9-11H,3,7-8H2,1-2H3,(H,22,24). The van der Waals surface area contributed by atoms with Crippen LogP contribution >= 0.6 is 0 Å². The highest BCUT2D eigenvalue weighted by atomic mass is 32.2. The summed E-state index contributed by atoms with van der Waals surface area (Å²) >= 11 is -1.02. The van der Waals surface area contributed by atoms with Gasteiger partial charge in [0.25, 0.3) is 5.91 Å². The lowest BCUT2D eigenvalue weighted by Gasteiger charge is -2.12. The van der Waals surface area contributed by atoms with Crippen molar-refractivity contribution in [2.24, 2.45) is 0 Å². The first-order valence-electron chi connectivity index (χ1n) is 8.27. The quantitative estimate of drug-likeness (QED) is 0.667. The Labute approximate surface area is 163 Å². The summed E-state index contributed by atoms with van der Waals surface area (Å²) in [6.45, 7) is 1.97. The molecule has 0 radical (unpaired) electrons. The van der Waals surface area contributed by atoms with Crippen molar-refractivity contribution >= 4 is 17.1 Å². The highest BCUT2D eigenvalue weighted by Crippen LogP contribution is 2.33. The molecule has 0 saturated carbocycles. The van der Waals surface area contributed by atoms with Crippen molar-refractivity contribution < 1.29 is 32.0 Å². The van der Waals surface area contributed by atoms with E-state index < -0.39 is 28.8 Å². The minimum absolute atomic E-state index is 0.0383. The summed E-state index contributed by atoms with van der Waals surface area (Å²) in [6, 6.07) is 7.02. The van der Waals surface area contributed by atoms with Crippen molar-refractivity contribution in [1.82, 2.24) is 10.3 Å². The Hall–Kier alpha value is -2.46. The zero-order valence-electron chi connectivity index (χ0n) is 15.2. The predicted octanol–water partition coefficient (Wildman–Crippen LogP) is 3.40. The molecule has 0 fully saturated rings. The van der Waals surface area contributed by atoms with Crippen LogP contribution in [0.15, 0.2) is 36.4 Å². The molecule has 10 heteroatoms. The lowest BCUT2D eigenvalue weighted by Crippen LogP contribution is -2.30. The predicted molar refractivity (Wildman–Crippen MR) is 98.2 cm³/mol. The molecule has 0 spiro atoms. The number of benzene rings is 1. The van der Waals surface area contributed by atoms with Gasteiger partial charge in [-0.15, -0.1) is 0 Å². The average molecular weight is 416 g/mol. The van der Waals surface area contributed by atoms with Gasteiger partial charge in [0.1, 0.15) is 28.7 Å². The van der Waals surface area contributed by atoms with E-state index in [1.54, 1.807) is 6.92 Å². The largest absolute Gasteiger partial charge is 0.616 e. The van der Waals surface area contributed by atoms with Gasteiger partial charge in [-0.05, 0) is 25.1 Å². The molecule has 1 N–H and O–H groups in total. The smallest absolute Gasteiger partial charge is 0.416 e. The van der Waals surface area contributed by atoms with E-state index >= 15 is 0 Å². The molecule has 28 heavy (non-hydrogen) atoms. The van der Waals surface area contributed by atoms with E-state index in [0.29, 0.717) is 11.5 Å². The van der Waals surface area contributed by atoms with E-state index in [4.69, 9.17) is 9.47 Å². The highest BCUT2D eigenvalue weighted by Gasteiger charge is 2.30. The van der Waals surface area contributed by atoms with Crippen LogP contribution < -0.4 is 14.8 Å². The van der Waals surface area contributed by atoms with E-state index in [-0.39, 0.29) is 29.6 Å². The van der Waals surface area contributed by atoms with Crippen LogP contribution in [0.25, 0.3) is 0 Å². The molecule has 0 aliphatic rings. The Morgan fingerprint density at radius 1 is 1.25 bits per heavy atom. The summed E-state index contributed by atoms with van der Waals surface area (Å²) < 4.78 is 60.4. The molecule has 6 nitrogen and oxygen atoms in total. The second-order valence-electron chi connectivity index (χ2n) is 5.55. The number of halogens is 3. The highest BCUT2D eigenvalue weighted by molar-refractivity contribution is 7.91. The number of amides is 1. The first-order chi connectivity index (χ1) is 13.2. The summed E-state index contributed by atoms with van der Waals surface area (Å²) in [4.78, 5) is 16.3. The number of hydrogen-bond acceptors (Lipinski definition) is 5. The van der Waals surface area contributed by atoms with Crippen LogP contribution in [0, 0.1) is 0 Å². The molecule has 2 aromatic rings. The van der Waals surface area contributed by atoms with Crippen molar-refractivity contribution in [3.8, 4) is 17.4 Å². The topological polar surface area (TPSA) is 83.5 Å². The lowest BCUT2D eigenvalue weighted by molar-refractivity contribution is -0.137. The zero-order valence-corrected chi connectivity index (χ0v) is 16.0. The van der Waals surface area contributed by atoms with Gasteiger partial charge in [0.2, 0.25) is 5.88 Å². The van der Waals surface area contributed by atoms with Crippen LogP contribution in [0.4, 0.5) is 13.2 Å². The zero-order chi connectivity index (χ0) is 20.7. The maximum absolute atomic E-state index is 12.8. The molecule has 0 bridgehead atoms. The minimum atomic E-state index is -4.51. The van der Waals surface area contributed by atoms with E-state index in [1.165, 1.54) is 31.4 Å². The number of alkyl halides is 3. The molecule has 152 valence electrons. The third-order valence-corrected chi connectivity index (χ3v) is 4.87. The number of carbonyl (C=O) groups is 1. The molecule has 1 heterocycles. The normalized spacial score (nSPS) is 12.4. The van der Waals surface area contributed by atoms with Gasteiger partial charge in [-0.1, -0.05) is 17.2 Å². The Morgan fingerprint density at radius 3 is 2.64 bits per heavy atom. The first-order valence-corrected chi connectivity index (χ1v) is 9.76. The third kappa shape index (κ3) is 6.31. The Balaban J connectivity index is 2.17. The van der Waals surface area contributed by atoms with Crippen LogP contribution in [0.1, 0.15) is 23.0 Å². The number of methoxy groups -OCH3 is 1. The molecule has 0 aliphatic carbocycles. The molecule has 1 aromatic carbocycles. The van der Waals surface area contributed by atoms with Gasteiger partial charge in [-0.3, -0.25) is 4.79 Å². The van der Waals surface area contributed by atoms with Gasteiger partial charge < -0.3 is 19.3 Å². The van der Waals surface area contributed by atoms with Gasteiger partial charge in [-0.2, -0.15) is 13.2 Å². The van der Waals surface area contributed by atoms with E-state index in [9.17, 15) is 22.5 Å².